The Morgan fingerprint density at radius 2 is 1.93 bits per heavy atom. The fourth-order valence-corrected chi connectivity index (χ4v) is 6.43. The molecule has 2 aliphatic carbocycles. The largest absolute Gasteiger partial charge is 0.378 e. The van der Waals surface area contributed by atoms with Crippen molar-refractivity contribution < 1.29 is 4.79 Å². The molecule has 2 N–H and O–H groups in total. The molecule has 2 aromatic carbocycles. The zero-order valence-corrected chi connectivity index (χ0v) is 17.5. The van der Waals surface area contributed by atoms with E-state index in [0.29, 0.717) is 17.9 Å². The van der Waals surface area contributed by atoms with Crippen LogP contribution in [-0.4, -0.2) is 11.9 Å². The Balaban J connectivity index is 1.48. The Kier molecular flexibility index (Phi) is 4.85. The molecule has 6 atom stereocenters. The Morgan fingerprint density at radius 1 is 1.14 bits per heavy atom. The molecule has 0 aromatic heterocycles. The van der Waals surface area contributed by atoms with Gasteiger partial charge < -0.3 is 10.6 Å². The van der Waals surface area contributed by atoms with E-state index >= 15 is 0 Å². The SMILES string of the molecule is CCC[C@H](C)NC(=O)c1ccc2c(c1)[C@@H]1[C@H]3CC[C@@H](C3)[C@@H]1[C@@H](c1ccccc1)N2. The lowest BCUT2D eigenvalue weighted by molar-refractivity contribution is 0.0938. The summed E-state index contributed by atoms with van der Waals surface area (Å²) in [7, 11) is 0. The zero-order chi connectivity index (χ0) is 20.0. The van der Waals surface area contributed by atoms with Crippen molar-refractivity contribution in [1.29, 1.82) is 0 Å². The van der Waals surface area contributed by atoms with Gasteiger partial charge >= 0.3 is 0 Å². The molecule has 152 valence electrons. The second-order valence-corrected chi connectivity index (χ2v) is 9.43. The number of rotatable bonds is 5. The predicted octanol–water partition coefficient (Wildman–Crippen LogP) is 5.90. The number of carbonyl (C=O) groups excluding carboxylic acids is 1. The molecule has 0 saturated heterocycles. The topological polar surface area (TPSA) is 41.1 Å². The van der Waals surface area contributed by atoms with Crippen LogP contribution in [0.3, 0.4) is 0 Å². The average Bonchev–Trinajstić information content (AvgIpc) is 3.36. The second kappa shape index (κ2) is 7.51. The highest BCUT2D eigenvalue weighted by molar-refractivity contribution is 5.95. The number of benzene rings is 2. The van der Waals surface area contributed by atoms with E-state index < -0.39 is 0 Å². The fourth-order valence-electron chi connectivity index (χ4n) is 6.43. The van der Waals surface area contributed by atoms with Crippen molar-refractivity contribution in [3.05, 3.63) is 65.2 Å². The fraction of sp³-hybridized carbons (Fsp3) is 0.500. The minimum absolute atomic E-state index is 0.0682. The van der Waals surface area contributed by atoms with Gasteiger partial charge in [-0.3, -0.25) is 4.79 Å². The number of carbonyl (C=O) groups is 1. The van der Waals surface area contributed by atoms with Gasteiger partial charge in [-0.05, 0) is 85.6 Å². The molecular weight excluding hydrogens is 356 g/mol. The molecule has 2 aromatic rings. The van der Waals surface area contributed by atoms with Crippen LogP contribution in [0.2, 0.25) is 0 Å². The van der Waals surface area contributed by atoms with Crippen LogP contribution >= 0.6 is 0 Å². The Bertz CT molecular complexity index is 893. The molecular formula is C26H32N2O. The highest BCUT2D eigenvalue weighted by atomic mass is 16.1. The summed E-state index contributed by atoms with van der Waals surface area (Å²) in [6.07, 6.45) is 6.16. The summed E-state index contributed by atoms with van der Waals surface area (Å²) in [6.45, 7) is 4.25. The summed E-state index contributed by atoms with van der Waals surface area (Å²) < 4.78 is 0. The Labute approximate surface area is 174 Å². The van der Waals surface area contributed by atoms with Crippen molar-refractivity contribution >= 4 is 11.6 Å². The number of anilines is 1. The van der Waals surface area contributed by atoms with E-state index in [1.54, 1.807) is 0 Å². The summed E-state index contributed by atoms with van der Waals surface area (Å²) in [5.41, 5.74) is 4.82. The van der Waals surface area contributed by atoms with Gasteiger partial charge in [0.2, 0.25) is 0 Å². The van der Waals surface area contributed by atoms with Crippen LogP contribution in [0.5, 0.6) is 0 Å². The van der Waals surface area contributed by atoms with Crippen LogP contribution in [0.1, 0.15) is 79.4 Å². The second-order valence-electron chi connectivity index (χ2n) is 9.43. The summed E-state index contributed by atoms with van der Waals surface area (Å²) in [6, 6.07) is 17.9. The molecule has 0 unspecified atom stereocenters. The van der Waals surface area contributed by atoms with Gasteiger partial charge in [0, 0.05) is 17.3 Å². The smallest absolute Gasteiger partial charge is 0.251 e. The van der Waals surface area contributed by atoms with Gasteiger partial charge in [-0.1, -0.05) is 43.7 Å². The standard InChI is InChI=1S/C26H32N2O/c1-3-7-16(2)27-26(29)20-12-13-22-21(15-20)23-18-10-11-19(14-18)24(23)25(28-22)17-8-5-4-6-9-17/h4-6,8-9,12-13,15-16,18-19,23-25,28H,3,7,10-11,14H2,1-2H3,(H,27,29)/t16-,18-,19-,23-,24-,25+/m0/s1. The van der Waals surface area contributed by atoms with Crippen molar-refractivity contribution in [2.75, 3.05) is 5.32 Å². The maximum atomic E-state index is 12.8. The first-order chi connectivity index (χ1) is 14.2. The third-order valence-corrected chi connectivity index (χ3v) is 7.61. The van der Waals surface area contributed by atoms with E-state index in [-0.39, 0.29) is 11.9 Å². The van der Waals surface area contributed by atoms with Gasteiger partial charge in [-0.25, -0.2) is 0 Å². The molecule has 1 heterocycles. The minimum atomic E-state index is 0.0682. The van der Waals surface area contributed by atoms with Crippen molar-refractivity contribution in [3.63, 3.8) is 0 Å². The van der Waals surface area contributed by atoms with Crippen molar-refractivity contribution in [1.82, 2.24) is 5.32 Å². The first kappa shape index (κ1) is 18.7. The molecule has 5 rings (SSSR count). The van der Waals surface area contributed by atoms with Gasteiger partial charge in [-0.15, -0.1) is 0 Å². The van der Waals surface area contributed by atoms with Crippen LogP contribution in [0.4, 0.5) is 5.69 Å². The van der Waals surface area contributed by atoms with Crippen LogP contribution in [0.15, 0.2) is 48.5 Å². The maximum absolute atomic E-state index is 12.8. The summed E-state index contributed by atoms with van der Waals surface area (Å²) >= 11 is 0. The molecule has 3 heteroatoms. The van der Waals surface area contributed by atoms with Gasteiger partial charge in [0.05, 0.1) is 6.04 Å². The highest BCUT2D eigenvalue weighted by Gasteiger charge is 2.53. The highest BCUT2D eigenvalue weighted by Crippen LogP contribution is 2.63. The van der Waals surface area contributed by atoms with Crippen LogP contribution in [-0.2, 0) is 0 Å². The lowest BCUT2D eigenvalue weighted by atomic mass is 9.68. The first-order valence-corrected chi connectivity index (χ1v) is 11.4. The van der Waals surface area contributed by atoms with Gasteiger partial charge in [0.15, 0.2) is 0 Å². The molecule has 1 aliphatic heterocycles. The van der Waals surface area contributed by atoms with Crippen LogP contribution in [0.25, 0.3) is 0 Å². The van der Waals surface area contributed by atoms with Gasteiger partial charge in [-0.2, -0.15) is 0 Å². The first-order valence-electron chi connectivity index (χ1n) is 11.4. The number of amides is 1. The van der Waals surface area contributed by atoms with Gasteiger partial charge in [0.1, 0.15) is 0 Å². The average molecular weight is 389 g/mol. The van der Waals surface area contributed by atoms with E-state index in [9.17, 15) is 4.79 Å². The number of hydrogen-bond donors (Lipinski definition) is 2. The van der Waals surface area contributed by atoms with E-state index in [0.717, 1.165) is 30.2 Å². The summed E-state index contributed by atoms with van der Waals surface area (Å²) in [5, 5.41) is 7.04. The van der Waals surface area contributed by atoms with Crippen LogP contribution in [0, 0.1) is 17.8 Å². The van der Waals surface area contributed by atoms with E-state index in [1.165, 1.54) is 36.1 Å². The lowest BCUT2D eigenvalue weighted by Crippen LogP contribution is -2.36. The molecule has 3 nitrogen and oxygen atoms in total. The zero-order valence-electron chi connectivity index (χ0n) is 17.5. The Morgan fingerprint density at radius 3 is 2.72 bits per heavy atom. The molecule has 2 bridgehead atoms. The van der Waals surface area contributed by atoms with Gasteiger partial charge in [0.25, 0.3) is 5.91 Å². The monoisotopic (exact) mass is 388 g/mol. The quantitative estimate of drug-likeness (QED) is 0.669. The van der Waals surface area contributed by atoms with Crippen molar-refractivity contribution in [2.45, 2.75) is 64.0 Å². The molecule has 1 amide bonds. The number of fused-ring (bicyclic) bond motifs is 7. The normalized spacial score (nSPS) is 30.2. The lowest BCUT2D eigenvalue weighted by Gasteiger charge is -2.43. The number of nitrogens with one attached hydrogen (secondary N) is 2. The maximum Gasteiger partial charge on any atom is 0.251 e. The van der Waals surface area contributed by atoms with Crippen LogP contribution < -0.4 is 10.6 Å². The van der Waals surface area contributed by atoms with E-state index in [4.69, 9.17) is 0 Å². The van der Waals surface area contributed by atoms with E-state index in [1.807, 2.05) is 6.07 Å². The minimum Gasteiger partial charge on any atom is -0.378 e. The molecule has 0 radical (unpaired) electrons. The van der Waals surface area contributed by atoms with Crippen molar-refractivity contribution in [2.24, 2.45) is 17.8 Å². The predicted molar refractivity (Wildman–Crippen MR) is 118 cm³/mol. The van der Waals surface area contributed by atoms with E-state index in [2.05, 4.69) is 66.9 Å². The summed E-state index contributed by atoms with van der Waals surface area (Å²) in [5.74, 6) is 2.86. The number of hydrogen-bond acceptors (Lipinski definition) is 2. The molecule has 2 fully saturated rings. The Hall–Kier alpha value is -2.29. The molecule has 2 saturated carbocycles. The third kappa shape index (κ3) is 3.25. The summed E-state index contributed by atoms with van der Waals surface area (Å²) in [4.78, 5) is 12.8. The molecule has 3 aliphatic rings. The van der Waals surface area contributed by atoms with Crippen molar-refractivity contribution in [3.8, 4) is 0 Å². The molecule has 29 heavy (non-hydrogen) atoms. The third-order valence-electron chi connectivity index (χ3n) is 7.61. The molecule has 0 spiro atoms.